The Kier molecular flexibility index (Phi) is 5.28. The molecular weight excluding hydrogens is 389 g/mol. The minimum Gasteiger partial charge on any atom is -0.318 e. The molecule has 2 aromatic carbocycles. The summed E-state index contributed by atoms with van der Waals surface area (Å²) in [7, 11) is 0. The lowest BCUT2D eigenvalue weighted by atomic mass is 10.1. The molecule has 0 fully saturated rings. The number of nitrogens with one attached hydrogen (secondary N) is 2. The molecule has 0 aliphatic carbocycles. The number of carbonyl (C=O) groups is 2. The van der Waals surface area contributed by atoms with Gasteiger partial charge >= 0.3 is 18.0 Å². The maximum absolute atomic E-state index is 12.9. The second kappa shape index (κ2) is 7.04. The van der Waals surface area contributed by atoms with Gasteiger partial charge in [-0.05, 0) is 42.8 Å². The summed E-state index contributed by atoms with van der Waals surface area (Å²) in [6.07, 6.45) is -4.64. The van der Waals surface area contributed by atoms with E-state index in [0.29, 0.717) is 11.3 Å². The van der Waals surface area contributed by atoms with E-state index in [1.807, 2.05) is 5.32 Å². The van der Waals surface area contributed by atoms with Gasteiger partial charge in [0, 0.05) is 10.2 Å². The fourth-order valence-electron chi connectivity index (χ4n) is 1.96. The van der Waals surface area contributed by atoms with Crippen LogP contribution in [0.3, 0.4) is 0 Å². The van der Waals surface area contributed by atoms with Gasteiger partial charge in [-0.2, -0.15) is 13.2 Å². The molecule has 0 unspecified atom stereocenters. The fourth-order valence-corrected chi connectivity index (χ4v) is 2.44. The summed E-state index contributed by atoms with van der Waals surface area (Å²) in [4.78, 5) is 23.8. The Bertz CT molecular complexity index is 791. The van der Waals surface area contributed by atoms with Crippen LogP contribution in [0.5, 0.6) is 0 Å². The van der Waals surface area contributed by atoms with Gasteiger partial charge < -0.3 is 10.6 Å². The van der Waals surface area contributed by atoms with Crippen LogP contribution in [0.1, 0.15) is 11.1 Å². The van der Waals surface area contributed by atoms with Crippen molar-refractivity contribution < 1.29 is 22.8 Å². The van der Waals surface area contributed by atoms with Crippen molar-refractivity contribution in [1.29, 1.82) is 0 Å². The van der Waals surface area contributed by atoms with Crippen LogP contribution in [0, 0.1) is 6.92 Å². The van der Waals surface area contributed by atoms with E-state index >= 15 is 0 Å². The SMILES string of the molecule is Cc1cc(Br)ccc1NC(=O)C(=O)Nc1ccccc1C(F)(F)F. The van der Waals surface area contributed by atoms with E-state index in [0.717, 1.165) is 16.6 Å². The van der Waals surface area contributed by atoms with Gasteiger partial charge in [-0.1, -0.05) is 28.1 Å². The van der Waals surface area contributed by atoms with Gasteiger partial charge in [-0.3, -0.25) is 9.59 Å². The number of benzene rings is 2. The van der Waals surface area contributed by atoms with Gasteiger partial charge in [0.15, 0.2) is 0 Å². The average Bonchev–Trinajstić information content (AvgIpc) is 2.49. The first kappa shape index (κ1) is 18.0. The Morgan fingerprint density at radius 2 is 1.54 bits per heavy atom. The molecule has 8 heteroatoms. The molecule has 0 aliphatic rings. The van der Waals surface area contributed by atoms with Crippen molar-refractivity contribution >= 4 is 39.1 Å². The molecule has 4 nitrogen and oxygen atoms in total. The van der Waals surface area contributed by atoms with Crippen molar-refractivity contribution in [3.63, 3.8) is 0 Å². The standard InChI is InChI=1S/C16H12BrF3N2O2/c1-9-8-10(17)6-7-12(9)21-14(23)15(24)22-13-5-3-2-4-11(13)16(18,19)20/h2-8H,1H3,(H,21,23)(H,22,24). The Balaban J connectivity index is 2.14. The van der Waals surface area contributed by atoms with E-state index < -0.39 is 29.2 Å². The highest BCUT2D eigenvalue weighted by molar-refractivity contribution is 9.10. The Morgan fingerprint density at radius 3 is 2.12 bits per heavy atom. The fraction of sp³-hybridized carbons (Fsp3) is 0.125. The summed E-state index contributed by atoms with van der Waals surface area (Å²) >= 11 is 3.26. The molecule has 0 saturated heterocycles. The van der Waals surface area contributed by atoms with Crippen molar-refractivity contribution in [2.75, 3.05) is 10.6 Å². The van der Waals surface area contributed by atoms with Crippen LogP contribution < -0.4 is 10.6 Å². The molecular formula is C16H12BrF3N2O2. The molecule has 0 bridgehead atoms. The number of para-hydroxylation sites is 1. The van der Waals surface area contributed by atoms with Crippen LogP contribution in [0.15, 0.2) is 46.9 Å². The van der Waals surface area contributed by atoms with Gasteiger partial charge in [-0.25, -0.2) is 0 Å². The summed E-state index contributed by atoms with van der Waals surface area (Å²) in [6, 6.07) is 9.41. The molecule has 2 aromatic rings. The first-order valence-corrected chi connectivity index (χ1v) is 7.52. The zero-order valence-corrected chi connectivity index (χ0v) is 14.0. The molecule has 0 aromatic heterocycles. The Morgan fingerprint density at radius 1 is 0.958 bits per heavy atom. The van der Waals surface area contributed by atoms with E-state index in [-0.39, 0.29) is 0 Å². The van der Waals surface area contributed by atoms with Crippen LogP contribution in [0.25, 0.3) is 0 Å². The molecule has 0 heterocycles. The normalized spacial score (nSPS) is 11.0. The highest BCUT2D eigenvalue weighted by Gasteiger charge is 2.34. The summed E-state index contributed by atoms with van der Waals surface area (Å²) in [5, 5.41) is 4.35. The zero-order chi connectivity index (χ0) is 17.9. The second-order valence-electron chi connectivity index (χ2n) is 4.91. The van der Waals surface area contributed by atoms with Crippen LogP contribution in [-0.2, 0) is 15.8 Å². The monoisotopic (exact) mass is 400 g/mol. The van der Waals surface area contributed by atoms with Crippen molar-refractivity contribution in [1.82, 2.24) is 0 Å². The first-order chi connectivity index (χ1) is 11.2. The van der Waals surface area contributed by atoms with Gasteiger partial charge in [0.1, 0.15) is 0 Å². The lowest BCUT2D eigenvalue weighted by Crippen LogP contribution is -2.30. The first-order valence-electron chi connectivity index (χ1n) is 6.73. The van der Waals surface area contributed by atoms with E-state index in [1.165, 1.54) is 12.1 Å². The second-order valence-corrected chi connectivity index (χ2v) is 5.83. The lowest BCUT2D eigenvalue weighted by Gasteiger charge is -2.13. The maximum Gasteiger partial charge on any atom is 0.418 e. The van der Waals surface area contributed by atoms with Crippen LogP contribution in [0.2, 0.25) is 0 Å². The number of halogens is 4. The summed E-state index contributed by atoms with van der Waals surface area (Å²) < 4.78 is 39.4. The summed E-state index contributed by atoms with van der Waals surface area (Å²) in [5.41, 5.74) is -0.410. The van der Waals surface area contributed by atoms with Crippen molar-refractivity contribution in [2.24, 2.45) is 0 Å². The number of carbonyl (C=O) groups excluding carboxylic acids is 2. The van der Waals surface area contributed by atoms with Gasteiger partial charge in [0.05, 0.1) is 11.3 Å². The zero-order valence-electron chi connectivity index (χ0n) is 12.4. The molecule has 0 spiro atoms. The van der Waals surface area contributed by atoms with E-state index in [1.54, 1.807) is 25.1 Å². The highest BCUT2D eigenvalue weighted by Crippen LogP contribution is 2.34. The molecule has 126 valence electrons. The third-order valence-corrected chi connectivity index (χ3v) is 3.62. The van der Waals surface area contributed by atoms with Gasteiger partial charge in [0.25, 0.3) is 0 Å². The Hall–Kier alpha value is -2.35. The number of anilines is 2. The molecule has 24 heavy (non-hydrogen) atoms. The molecule has 0 saturated carbocycles. The summed E-state index contributed by atoms with van der Waals surface area (Å²) in [5.74, 6) is -2.24. The molecule has 2 rings (SSSR count). The predicted molar refractivity (Wildman–Crippen MR) is 87.6 cm³/mol. The third-order valence-electron chi connectivity index (χ3n) is 3.12. The van der Waals surface area contributed by atoms with Crippen molar-refractivity contribution in [2.45, 2.75) is 13.1 Å². The van der Waals surface area contributed by atoms with Crippen LogP contribution in [-0.4, -0.2) is 11.8 Å². The molecule has 2 amide bonds. The van der Waals surface area contributed by atoms with Crippen LogP contribution in [0.4, 0.5) is 24.5 Å². The number of amides is 2. The largest absolute Gasteiger partial charge is 0.418 e. The number of alkyl halides is 3. The minimum atomic E-state index is -4.64. The molecule has 2 N–H and O–H groups in total. The predicted octanol–water partition coefficient (Wildman–Crippen LogP) is 4.35. The maximum atomic E-state index is 12.9. The quantitative estimate of drug-likeness (QED) is 0.736. The lowest BCUT2D eigenvalue weighted by molar-refractivity contribution is -0.137. The topological polar surface area (TPSA) is 58.2 Å². The van der Waals surface area contributed by atoms with Gasteiger partial charge in [0.2, 0.25) is 0 Å². The number of rotatable bonds is 2. The smallest absolute Gasteiger partial charge is 0.318 e. The summed E-state index contributed by atoms with van der Waals surface area (Å²) in [6.45, 7) is 1.72. The van der Waals surface area contributed by atoms with Crippen molar-refractivity contribution in [3.8, 4) is 0 Å². The average molecular weight is 401 g/mol. The molecule has 0 aliphatic heterocycles. The van der Waals surface area contributed by atoms with Crippen LogP contribution >= 0.6 is 15.9 Å². The number of hydrogen-bond acceptors (Lipinski definition) is 2. The van der Waals surface area contributed by atoms with E-state index in [2.05, 4.69) is 21.2 Å². The number of hydrogen-bond donors (Lipinski definition) is 2. The number of aryl methyl sites for hydroxylation is 1. The highest BCUT2D eigenvalue weighted by atomic mass is 79.9. The van der Waals surface area contributed by atoms with E-state index in [9.17, 15) is 22.8 Å². The van der Waals surface area contributed by atoms with Gasteiger partial charge in [-0.15, -0.1) is 0 Å². The third kappa shape index (κ3) is 4.35. The molecule has 0 atom stereocenters. The Labute approximate surface area is 144 Å². The molecule has 0 radical (unpaired) electrons. The van der Waals surface area contributed by atoms with E-state index in [4.69, 9.17) is 0 Å². The minimum absolute atomic E-state index is 0.391. The van der Waals surface area contributed by atoms with Crippen molar-refractivity contribution in [3.05, 3.63) is 58.1 Å².